The second kappa shape index (κ2) is 3.71. The lowest BCUT2D eigenvalue weighted by Gasteiger charge is -2.12. The molecule has 0 aromatic heterocycles. The fraction of sp³-hybridized carbons (Fsp3) is 0.400. The monoisotopic (exact) mass is 214 g/mol. The van der Waals surface area contributed by atoms with Gasteiger partial charge in [-0.3, -0.25) is 4.55 Å². The summed E-state index contributed by atoms with van der Waals surface area (Å²) in [5, 5.41) is 0. The van der Waals surface area contributed by atoms with Crippen molar-refractivity contribution in [3.63, 3.8) is 0 Å². The van der Waals surface area contributed by atoms with Crippen LogP contribution in [-0.2, 0) is 10.1 Å². The van der Waals surface area contributed by atoms with Crippen molar-refractivity contribution in [1.82, 2.24) is 0 Å². The zero-order chi connectivity index (χ0) is 10.9. The molecule has 0 bridgehead atoms. The summed E-state index contributed by atoms with van der Waals surface area (Å²) in [6, 6.07) is 5.19. The summed E-state index contributed by atoms with van der Waals surface area (Å²) in [5.74, 6) is 0.0758. The largest absolute Gasteiger partial charge is 0.295 e. The number of aryl methyl sites for hydroxylation is 1. The van der Waals surface area contributed by atoms with Crippen LogP contribution in [0, 0.1) is 6.92 Å². The first-order chi connectivity index (χ1) is 6.34. The van der Waals surface area contributed by atoms with E-state index in [2.05, 4.69) is 0 Å². The molecule has 78 valence electrons. The van der Waals surface area contributed by atoms with E-state index >= 15 is 0 Å². The lowest BCUT2D eigenvalue weighted by atomic mass is 10.0. The SMILES string of the molecule is Cc1cccc(C(C)C)c1S(=O)(=O)O. The van der Waals surface area contributed by atoms with Crippen LogP contribution < -0.4 is 0 Å². The van der Waals surface area contributed by atoms with Crippen LogP contribution in [0.4, 0.5) is 0 Å². The van der Waals surface area contributed by atoms with Gasteiger partial charge in [0.1, 0.15) is 4.90 Å². The van der Waals surface area contributed by atoms with Crippen molar-refractivity contribution in [1.29, 1.82) is 0 Å². The fourth-order valence-electron chi connectivity index (χ4n) is 1.48. The molecule has 0 saturated heterocycles. The van der Waals surface area contributed by atoms with Crippen LogP contribution in [0.3, 0.4) is 0 Å². The Hall–Kier alpha value is -0.870. The maximum absolute atomic E-state index is 11.1. The Balaban J connectivity index is 3.54. The second-order valence-corrected chi connectivity index (χ2v) is 4.98. The van der Waals surface area contributed by atoms with Crippen molar-refractivity contribution in [2.75, 3.05) is 0 Å². The molecular weight excluding hydrogens is 200 g/mol. The maximum Gasteiger partial charge on any atom is 0.295 e. The first-order valence-corrected chi connectivity index (χ1v) is 5.85. The Morgan fingerprint density at radius 1 is 1.29 bits per heavy atom. The average molecular weight is 214 g/mol. The highest BCUT2D eigenvalue weighted by Gasteiger charge is 2.19. The van der Waals surface area contributed by atoms with Crippen LogP contribution >= 0.6 is 0 Å². The molecule has 0 radical (unpaired) electrons. The third kappa shape index (κ3) is 2.13. The lowest BCUT2D eigenvalue weighted by molar-refractivity contribution is 0.480. The quantitative estimate of drug-likeness (QED) is 0.769. The van der Waals surface area contributed by atoms with Crippen molar-refractivity contribution >= 4 is 10.1 Å². The van der Waals surface area contributed by atoms with E-state index in [0.717, 1.165) is 0 Å². The topological polar surface area (TPSA) is 54.4 Å². The second-order valence-electron chi connectivity index (χ2n) is 3.62. The Labute approximate surface area is 84.5 Å². The molecule has 4 heteroatoms. The molecule has 0 fully saturated rings. The van der Waals surface area contributed by atoms with E-state index in [1.165, 1.54) is 0 Å². The predicted molar refractivity (Wildman–Crippen MR) is 55.1 cm³/mol. The molecule has 1 aromatic carbocycles. The van der Waals surface area contributed by atoms with Gasteiger partial charge in [0.25, 0.3) is 10.1 Å². The molecule has 1 N–H and O–H groups in total. The van der Waals surface area contributed by atoms with E-state index in [1.54, 1.807) is 25.1 Å². The summed E-state index contributed by atoms with van der Waals surface area (Å²) >= 11 is 0. The molecule has 0 spiro atoms. The number of benzene rings is 1. The molecule has 0 saturated carbocycles. The Kier molecular flexibility index (Phi) is 2.97. The fourth-order valence-corrected chi connectivity index (χ4v) is 2.56. The van der Waals surface area contributed by atoms with Crippen molar-refractivity contribution in [3.05, 3.63) is 29.3 Å². The van der Waals surface area contributed by atoms with Gasteiger partial charge < -0.3 is 0 Å². The van der Waals surface area contributed by atoms with Gasteiger partial charge in [-0.2, -0.15) is 8.42 Å². The number of hydrogen-bond donors (Lipinski definition) is 1. The molecule has 0 amide bonds. The summed E-state index contributed by atoms with van der Waals surface area (Å²) in [6.45, 7) is 5.46. The standard InChI is InChI=1S/C10H14O3S/c1-7(2)9-6-4-5-8(3)10(9)14(11,12)13/h4-7H,1-3H3,(H,11,12,13). The molecule has 0 aliphatic heterocycles. The molecule has 1 rings (SSSR count). The van der Waals surface area contributed by atoms with Gasteiger partial charge in [0, 0.05) is 0 Å². The van der Waals surface area contributed by atoms with Crippen molar-refractivity contribution < 1.29 is 13.0 Å². The van der Waals surface area contributed by atoms with Gasteiger partial charge in [0.05, 0.1) is 0 Å². The van der Waals surface area contributed by atoms with Crippen LogP contribution in [-0.4, -0.2) is 13.0 Å². The minimum Gasteiger partial charge on any atom is -0.282 e. The van der Waals surface area contributed by atoms with E-state index in [1.807, 2.05) is 13.8 Å². The Morgan fingerprint density at radius 2 is 1.86 bits per heavy atom. The maximum atomic E-state index is 11.1. The van der Waals surface area contributed by atoms with Gasteiger partial charge in [-0.05, 0) is 24.0 Å². The van der Waals surface area contributed by atoms with Crippen LogP contribution in [0.5, 0.6) is 0 Å². The Bertz CT molecular complexity index is 433. The van der Waals surface area contributed by atoms with Crippen LogP contribution in [0.2, 0.25) is 0 Å². The molecule has 0 aliphatic rings. The molecule has 3 nitrogen and oxygen atoms in total. The Morgan fingerprint density at radius 3 is 2.21 bits per heavy atom. The van der Waals surface area contributed by atoms with Gasteiger partial charge in [-0.25, -0.2) is 0 Å². The normalized spacial score (nSPS) is 12.1. The van der Waals surface area contributed by atoms with Crippen molar-refractivity contribution in [2.45, 2.75) is 31.6 Å². The average Bonchev–Trinajstić information content (AvgIpc) is 2.01. The molecule has 0 heterocycles. The zero-order valence-corrected chi connectivity index (χ0v) is 9.30. The van der Waals surface area contributed by atoms with E-state index in [0.29, 0.717) is 11.1 Å². The molecular formula is C10H14O3S. The minimum atomic E-state index is -4.11. The van der Waals surface area contributed by atoms with E-state index in [4.69, 9.17) is 4.55 Å². The predicted octanol–water partition coefficient (Wildman–Crippen LogP) is 2.37. The molecule has 14 heavy (non-hydrogen) atoms. The molecule has 0 atom stereocenters. The van der Waals surface area contributed by atoms with Gasteiger partial charge >= 0.3 is 0 Å². The molecule has 0 unspecified atom stereocenters. The number of rotatable bonds is 2. The van der Waals surface area contributed by atoms with Crippen LogP contribution in [0.1, 0.15) is 30.9 Å². The van der Waals surface area contributed by atoms with Gasteiger partial charge in [-0.1, -0.05) is 32.0 Å². The zero-order valence-electron chi connectivity index (χ0n) is 8.48. The summed E-state index contributed by atoms with van der Waals surface area (Å²) in [7, 11) is -4.11. The third-order valence-electron chi connectivity index (χ3n) is 2.12. The molecule has 1 aromatic rings. The van der Waals surface area contributed by atoms with Gasteiger partial charge in [-0.15, -0.1) is 0 Å². The van der Waals surface area contributed by atoms with Crippen molar-refractivity contribution in [3.8, 4) is 0 Å². The van der Waals surface area contributed by atoms with Crippen LogP contribution in [0.15, 0.2) is 23.1 Å². The minimum absolute atomic E-state index is 0.0509. The third-order valence-corrected chi connectivity index (χ3v) is 3.20. The number of hydrogen-bond acceptors (Lipinski definition) is 2. The van der Waals surface area contributed by atoms with Gasteiger partial charge in [0.2, 0.25) is 0 Å². The highest BCUT2D eigenvalue weighted by Crippen LogP contribution is 2.26. The van der Waals surface area contributed by atoms with Crippen molar-refractivity contribution in [2.24, 2.45) is 0 Å². The van der Waals surface area contributed by atoms with Gasteiger partial charge in [0.15, 0.2) is 0 Å². The first-order valence-electron chi connectivity index (χ1n) is 4.41. The highest BCUT2D eigenvalue weighted by atomic mass is 32.2. The summed E-state index contributed by atoms with van der Waals surface area (Å²) in [4.78, 5) is 0.0509. The molecule has 0 aliphatic carbocycles. The summed E-state index contributed by atoms with van der Waals surface area (Å²) < 4.78 is 31.3. The van der Waals surface area contributed by atoms with E-state index in [9.17, 15) is 8.42 Å². The lowest BCUT2D eigenvalue weighted by Crippen LogP contribution is -2.06. The smallest absolute Gasteiger partial charge is 0.282 e. The first kappa shape index (κ1) is 11.2. The van der Waals surface area contributed by atoms with E-state index < -0.39 is 10.1 Å². The summed E-state index contributed by atoms with van der Waals surface area (Å²) in [5.41, 5.74) is 1.24. The summed E-state index contributed by atoms with van der Waals surface area (Å²) in [6.07, 6.45) is 0. The van der Waals surface area contributed by atoms with E-state index in [-0.39, 0.29) is 10.8 Å². The van der Waals surface area contributed by atoms with Crippen LogP contribution in [0.25, 0.3) is 0 Å². The highest BCUT2D eigenvalue weighted by molar-refractivity contribution is 7.86.